The summed E-state index contributed by atoms with van der Waals surface area (Å²) in [6, 6.07) is 7.50. The van der Waals surface area contributed by atoms with E-state index in [0.717, 1.165) is 12.1 Å². The van der Waals surface area contributed by atoms with Gasteiger partial charge in [-0.1, -0.05) is 0 Å². The summed E-state index contributed by atoms with van der Waals surface area (Å²) < 4.78 is 59.5. The van der Waals surface area contributed by atoms with Crippen LogP contribution in [0.3, 0.4) is 0 Å². The summed E-state index contributed by atoms with van der Waals surface area (Å²) in [5.41, 5.74) is -0.468. The van der Waals surface area contributed by atoms with Gasteiger partial charge in [-0.25, -0.2) is 8.78 Å². The summed E-state index contributed by atoms with van der Waals surface area (Å²) >= 11 is 0.146. The first-order chi connectivity index (χ1) is 11.4. The van der Waals surface area contributed by atoms with Crippen LogP contribution in [-0.4, -0.2) is 10.4 Å². The largest absolute Gasteiger partial charge is 0.457 e. The minimum absolute atomic E-state index is 0.00455. The maximum Gasteiger partial charge on any atom is 0.327 e. The first-order valence-corrected chi connectivity index (χ1v) is 7.52. The molecule has 1 aliphatic rings. The van der Waals surface area contributed by atoms with E-state index in [9.17, 15) is 22.7 Å². The Hall–Kier alpha value is -2.24. The monoisotopic (exact) mass is 355 g/mol. The highest BCUT2D eigenvalue weighted by Gasteiger charge is 2.49. The standard InChI is InChI=1S/C16H9F4NO2S/c17-6-11-12(23-10-4-8(7-21)3-9(18)5-10)1-2-13-14(11)15(22)16(19,20)24-13/h1-5,15,22H,6H2. The van der Waals surface area contributed by atoms with Gasteiger partial charge in [0.25, 0.3) is 0 Å². The maximum absolute atomic E-state index is 13.6. The normalized spacial score (nSPS) is 18.1. The molecule has 2 aromatic rings. The lowest BCUT2D eigenvalue weighted by Gasteiger charge is -2.16. The Morgan fingerprint density at radius 2 is 2.04 bits per heavy atom. The van der Waals surface area contributed by atoms with Crippen LogP contribution in [0.25, 0.3) is 0 Å². The fourth-order valence-electron chi connectivity index (χ4n) is 2.43. The van der Waals surface area contributed by atoms with Crippen molar-refractivity contribution in [2.24, 2.45) is 0 Å². The van der Waals surface area contributed by atoms with E-state index in [1.165, 1.54) is 18.2 Å². The Morgan fingerprint density at radius 3 is 2.71 bits per heavy atom. The molecule has 24 heavy (non-hydrogen) atoms. The second kappa shape index (κ2) is 6.00. The number of halogens is 4. The molecular weight excluding hydrogens is 346 g/mol. The number of aliphatic hydroxyl groups excluding tert-OH is 1. The highest BCUT2D eigenvalue weighted by atomic mass is 32.2. The van der Waals surface area contributed by atoms with Gasteiger partial charge < -0.3 is 9.84 Å². The molecule has 0 bridgehead atoms. The van der Waals surface area contributed by atoms with Crippen LogP contribution in [0, 0.1) is 17.1 Å². The van der Waals surface area contributed by atoms with E-state index in [-0.39, 0.29) is 44.8 Å². The van der Waals surface area contributed by atoms with E-state index in [0.29, 0.717) is 0 Å². The Kier molecular flexibility index (Phi) is 4.15. The maximum atomic E-state index is 13.6. The van der Waals surface area contributed by atoms with Crippen molar-refractivity contribution >= 4 is 11.8 Å². The van der Waals surface area contributed by atoms with E-state index in [1.54, 1.807) is 6.07 Å². The summed E-state index contributed by atoms with van der Waals surface area (Å²) in [5, 5.41) is 15.1. The van der Waals surface area contributed by atoms with Gasteiger partial charge in [0.1, 0.15) is 24.0 Å². The van der Waals surface area contributed by atoms with Gasteiger partial charge in [-0.05, 0) is 36.0 Å². The molecular formula is C16H9F4NO2S. The molecule has 0 aliphatic carbocycles. The molecule has 0 saturated carbocycles. The van der Waals surface area contributed by atoms with Crippen LogP contribution in [0.5, 0.6) is 11.5 Å². The molecule has 8 heteroatoms. The van der Waals surface area contributed by atoms with Gasteiger partial charge in [0.15, 0.2) is 6.10 Å². The SMILES string of the molecule is N#Cc1cc(F)cc(Oc2ccc3c(c2CF)C(O)C(F)(F)S3)c1. The van der Waals surface area contributed by atoms with Crippen LogP contribution >= 0.6 is 11.8 Å². The van der Waals surface area contributed by atoms with Crippen LogP contribution < -0.4 is 4.74 Å². The number of hydrogen-bond donors (Lipinski definition) is 1. The Bertz CT molecular complexity index is 851. The van der Waals surface area contributed by atoms with Crippen molar-refractivity contribution in [3.05, 3.63) is 52.8 Å². The number of thioether (sulfide) groups is 1. The lowest BCUT2D eigenvalue weighted by Crippen LogP contribution is -2.17. The lowest BCUT2D eigenvalue weighted by molar-refractivity contribution is -0.0316. The quantitative estimate of drug-likeness (QED) is 0.812. The number of aliphatic hydroxyl groups is 1. The fraction of sp³-hybridized carbons (Fsp3) is 0.188. The van der Waals surface area contributed by atoms with Crippen molar-refractivity contribution in [2.45, 2.75) is 22.9 Å². The molecule has 124 valence electrons. The summed E-state index contributed by atoms with van der Waals surface area (Å²) in [5.74, 6) is -0.926. The van der Waals surface area contributed by atoms with Crippen molar-refractivity contribution in [1.29, 1.82) is 5.26 Å². The first kappa shape index (κ1) is 16.6. The van der Waals surface area contributed by atoms with Crippen LogP contribution in [0.2, 0.25) is 0 Å². The zero-order valence-electron chi connectivity index (χ0n) is 11.9. The number of fused-ring (bicyclic) bond motifs is 1. The van der Waals surface area contributed by atoms with Crippen molar-refractivity contribution in [3.63, 3.8) is 0 Å². The zero-order chi connectivity index (χ0) is 17.5. The molecule has 0 amide bonds. The van der Waals surface area contributed by atoms with Gasteiger partial charge in [-0.2, -0.15) is 14.0 Å². The molecule has 0 saturated heterocycles. The third-order valence-corrected chi connectivity index (χ3v) is 4.55. The van der Waals surface area contributed by atoms with Gasteiger partial charge in [0.05, 0.1) is 11.6 Å². The Labute approximate surface area is 138 Å². The topological polar surface area (TPSA) is 53.2 Å². The van der Waals surface area contributed by atoms with Crippen molar-refractivity contribution in [1.82, 2.24) is 0 Å². The van der Waals surface area contributed by atoms with Crippen LogP contribution in [0.15, 0.2) is 35.2 Å². The number of nitriles is 1. The second-order valence-corrected chi connectivity index (χ2v) is 6.23. The molecule has 1 heterocycles. The van der Waals surface area contributed by atoms with Gasteiger partial charge in [-0.3, -0.25) is 0 Å². The Morgan fingerprint density at radius 1 is 1.29 bits per heavy atom. The third-order valence-electron chi connectivity index (χ3n) is 3.47. The third kappa shape index (κ3) is 2.81. The van der Waals surface area contributed by atoms with Crippen molar-refractivity contribution < 1.29 is 27.4 Å². The predicted molar refractivity (Wildman–Crippen MR) is 78.2 cm³/mol. The molecule has 1 atom stereocenters. The zero-order valence-corrected chi connectivity index (χ0v) is 12.7. The summed E-state index contributed by atoms with van der Waals surface area (Å²) in [4.78, 5) is 0.0597. The molecule has 0 radical (unpaired) electrons. The van der Waals surface area contributed by atoms with E-state index in [1.807, 2.05) is 0 Å². The number of alkyl halides is 3. The van der Waals surface area contributed by atoms with E-state index >= 15 is 0 Å². The van der Waals surface area contributed by atoms with Crippen molar-refractivity contribution in [2.75, 3.05) is 0 Å². The number of rotatable bonds is 3. The minimum atomic E-state index is -3.46. The summed E-state index contributed by atoms with van der Waals surface area (Å²) in [6.07, 6.45) is -2.16. The van der Waals surface area contributed by atoms with Crippen LogP contribution in [-0.2, 0) is 6.67 Å². The molecule has 1 unspecified atom stereocenters. The molecule has 3 nitrogen and oxygen atoms in total. The Balaban J connectivity index is 2.04. The van der Waals surface area contributed by atoms with Gasteiger partial charge in [0, 0.05) is 22.1 Å². The van der Waals surface area contributed by atoms with Crippen LogP contribution in [0.1, 0.15) is 22.8 Å². The summed E-state index contributed by atoms with van der Waals surface area (Å²) in [6.45, 7) is -1.15. The van der Waals surface area contributed by atoms with Gasteiger partial charge >= 0.3 is 5.25 Å². The van der Waals surface area contributed by atoms with Crippen molar-refractivity contribution in [3.8, 4) is 17.6 Å². The van der Waals surface area contributed by atoms with Gasteiger partial charge in [0.2, 0.25) is 0 Å². The molecule has 1 aliphatic heterocycles. The average Bonchev–Trinajstić information content (AvgIpc) is 2.77. The number of hydrogen-bond acceptors (Lipinski definition) is 4. The lowest BCUT2D eigenvalue weighted by atomic mass is 10.0. The number of nitrogens with zero attached hydrogens (tertiary/aromatic N) is 1. The highest BCUT2D eigenvalue weighted by molar-refractivity contribution is 8.00. The van der Waals surface area contributed by atoms with Gasteiger partial charge in [-0.15, -0.1) is 0 Å². The molecule has 0 fully saturated rings. The van der Waals surface area contributed by atoms with E-state index in [4.69, 9.17) is 10.00 Å². The molecule has 0 spiro atoms. The second-order valence-electron chi connectivity index (χ2n) is 5.04. The highest BCUT2D eigenvalue weighted by Crippen LogP contribution is 2.56. The molecule has 2 aromatic carbocycles. The summed E-state index contributed by atoms with van der Waals surface area (Å²) in [7, 11) is 0. The molecule has 3 rings (SSSR count). The first-order valence-electron chi connectivity index (χ1n) is 6.71. The van der Waals surface area contributed by atoms with E-state index in [2.05, 4.69) is 0 Å². The fourth-order valence-corrected chi connectivity index (χ4v) is 3.43. The smallest absolute Gasteiger partial charge is 0.327 e. The molecule has 1 N–H and O–H groups in total. The predicted octanol–water partition coefficient (Wildman–Crippen LogP) is 4.69. The average molecular weight is 355 g/mol. The number of benzene rings is 2. The van der Waals surface area contributed by atoms with Crippen LogP contribution in [0.4, 0.5) is 17.6 Å². The minimum Gasteiger partial charge on any atom is -0.457 e. The number of ether oxygens (including phenoxy) is 1. The van der Waals surface area contributed by atoms with E-state index < -0.39 is 23.9 Å². The molecule has 0 aromatic heterocycles.